The fraction of sp³-hybridized carbons (Fsp3) is 0.375. The van der Waals surface area contributed by atoms with E-state index in [1.165, 1.54) is 0 Å². The maximum atomic E-state index is 12.8. The molecule has 0 aliphatic heterocycles. The number of carboxylic acids is 1. The Bertz CT molecular complexity index is 1140. The van der Waals surface area contributed by atoms with E-state index in [2.05, 4.69) is 10.0 Å². The molecule has 1 amide bonds. The molecule has 2 rings (SSSR count). The Morgan fingerprint density at radius 1 is 1.06 bits per heavy atom. The molecule has 2 aromatic rings. The molecule has 2 aromatic carbocycles. The van der Waals surface area contributed by atoms with E-state index in [1.54, 1.807) is 38.1 Å². The number of nitrogen functional groups attached to an aromatic ring is 1. The second-order valence-corrected chi connectivity index (χ2v) is 10.0. The Labute approximate surface area is 200 Å². The lowest BCUT2D eigenvalue weighted by atomic mass is 10.0. The van der Waals surface area contributed by atoms with Crippen molar-refractivity contribution in [2.24, 2.45) is 5.73 Å². The van der Waals surface area contributed by atoms with Crippen molar-refractivity contribution >= 4 is 27.7 Å². The molecule has 0 unspecified atom stereocenters. The van der Waals surface area contributed by atoms with E-state index in [0.717, 1.165) is 24.0 Å². The van der Waals surface area contributed by atoms with Gasteiger partial charge in [-0.15, -0.1) is 0 Å². The summed E-state index contributed by atoms with van der Waals surface area (Å²) in [6, 6.07) is 9.27. The average molecular weight is 489 g/mol. The number of nitrogens with one attached hydrogen (secondary N) is 3. The SMILES string of the molecule is Cc1cc(C)c(S(=O)(=O)N[C@@H](CNC(=O)CCCCc2ccc(C(=N)N)cc2)C(=O)O)c(C)c1. The Morgan fingerprint density at radius 2 is 1.65 bits per heavy atom. The van der Waals surface area contributed by atoms with E-state index >= 15 is 0 Å². The molecule has 0 bridgehead atoms. The minimum absolute atomic E-state index is 0.00862. The smallest absolute Gasteiger partial charge is 0.323 e. The van der Waals surface area contributed by atoms with Crippen LogP contribution >= 0.6 is 0 Å². The third-order valence-electron chi connectivity index (χ3n) is 5.36. The van der Waals surface area contributed by atoms with Gasteiger partial charge in [0.25, 0.3) is 0 Å². The number of carbonyl (C=O) groups excluding carboxylic acids is 1. The summed E-state index contributed by atoms with van der Waals surface area (Å²) >= 11 is 0. The fourth-order valence-corrected chi connectivity index (χ4v) is 5.43. The predicted octanol–water partition coefficient (Wildman–Crippen LogP) is 2.16. The lowest BCUT2D eigenvalue weighted by molar-refractivity contribution is -0.138. The highest BCUT2D eigenvalue weighted by Crippen LogP contribution is 2.21. The van der Waals surface area contributed by atoms with Crippen LogP contribution in [0.1, 0.15) is 47.1 Å². The largest absolute Gasteiger partial charge is 0.480 e. The maximum absolute atomic E-state index is 12.8. The van der Waals surface area contributed by atoms with Crippen LogP contribution in [0.3, 0.4) is 0 Å². The molecule has 0 spiro atoms. The summed E-state index contributed by atoms with van der Waals surface area (Å²) in [6.07, 6.45) is 2.28. The number of amidine groups is 1. The van der Waals surface area contributed by atoms with Gasteiger partial charge in [0.05, 0.1) is 4.90 Å². The molecule has 34 heavy (non-hydrogen) atoms. The van der Waals surface area contributed by atoms with Gasteiger partial charge in [0, 0.05) is 18.5 Å². The number of aliphatic carboxylic acids is 1. The van der Waals surface area contributed by atoms with Crippen molar-refractivity contribution in [2.45, 2.75) is 57.4 Å². The first kappa shape index (κ1) is 27.0. The summed E-state index contributed by atoms with van der Waals surface area (Å²) in [4.78, 5) is 23.8. The zero-order valence-electron chi connectivity index (χ0n) is 19.6. The summed E-state index contributed by atoms with van der Waals surface area (Å²) in [5.41, 5.74) is 9.10. The zero-order valence-corrected chi connectivity index (χ0v) is 20.5. The summed E-state index contributed by atoms with van der Waals surface area (Å²) in [6.45, 7) is 4.81. The number of carbonyl (C=O) groups is 2. The summed E-state index contributed by atoms with van der Waals surface area (Å²) in [5, 5.41) is 19.4. The van der Waals surface area contributed by atoms with E-state index in [-0.39, 0.29) is 29.6 Å². The highest BCUT2D eigenvalue weighted by molar-refractivity contribution is 7.89. The van der Waals surface area contributed by atoms with Gasteiger partial charge in [0.2, 0.25) is 15.9 Å². The predicted molar refractivity (Wildman–Crippen MR) is 130 cm³/mol. The molecular weight excluding hydrogens is 456 g/mol. The average Bonchev–Trinajstić information content (AvgIpc) is 2.73. The van der Waals surface area contributed by atoms with Crippen LogP contribution in [0.5, 0.6) is 0 Å². The van der Waals surface area contributed by atoms with Crippen molar-refractivity contribution in [1.82, 2.24) is 10.0 Å². The number of hydrogen-bond donors (Lipinski definition) is 5. The topological polar surface area (TPSA) is 162 Å². The number of sulfonamides is 1. The number of hydrogen-bond acceptors (Lipinski definition) is 5. The highest BCUT2D eigenvalue weighted by atomic mass is 32.2. The number of amides is 1. The molecule has 10 heteroatoms. The summed E-state index contributed by atoms with van der Waals surface area (Å²) in [7, 11) is -4.09. The Kier molecular flexibility index (Phi) is 9.34. The van der Waals surface area contributed by atoms with Gasteiger partial charge >= 0.3 is 5.97 Å². The molecule has 0 aliphatic rings. The number of rotatable bonds is 12. The number of aryl methyl sites for hydroxylation is 4. The number of carboxylic acid groups (broad SMARTS) is 1. The van der Waals surface area contributed by atoms with Gasteiger partial charge in [0.1, 0.15) is 11.9 Å². The van der Waals surface area contributed by atoms with Gasteiger partial charge in [0.15, 0.2) is 0 Å². The Hall–Kier alpha value is -3.24. The van der Waals surface area contributed by atoms with E-state index in [4.69, 9.17) is 11.1 Å². The van der Waals surface area contributed by atoms with E-state index < -0.39 is 22.0 Å². The van der Waals surface area contributed by atoms with Crippen LogP contribution in [0, 0.1) is 26.2 Å². The number of benzene rings is 2. The molecular formula is C24H32N4O5S. The quantitative estimate of drug-likeness (QED) is 0.175. The molecule has 9 nitrogen and oxygen atoms in total. The second kappa shape index (κ2) is 11.8. The molecule has 0 saturated carbocycles. The Morgan fingerprint density at radius 3 is 2.18 bits per heavy atom. The third-order valence-corrected chi connectivity index (χ3v) is 7.13. The van der Waals surface area contributed by atoms with Crippen LogP contribution < -0.4 is 15.8 Å². The first-order valence-electron chi connectivity index (χ1n) is 10.9. The number of unbranched alkanes of at least 4 members (excludes halogenated alkanes) is 1. The Balaban J connectivity index is 1.86. The van der Waals surface area contributed by atoms with Crippen molar-refractivity contribution in [1.29, 1.82) is 5.41 Å². The van der Waals surface area contributed by atoms with Gasteiger partial charge in [-0.1, -0.05) is 42.0 Å². The first-order chi connectivity index (χ1) is 15.9. The highest BCUT2D eigenvalue weighted by Gasteiger charge is 2.28. The van der Waals surface area contributed by atoms with Crippen LogP contribution in [0.2, 0.25) is 0 Å². The molecule has 184 valence electrons. The van der Waals surface area contributed by atoms with Crippen molar-refractivity contribution in [3.05, 3.63) is 64.2 Å². The summed E-state index contributed by atoms with van der Waals surface area (Å²) in [5.74, 6) is -1.71. The normalized spacial score (nSPS) is 12.2. The third kappa shape index (κ3) is 7.67. The van der Waals surface area contributed by atoms with Gasteiger partial charge in [-0.3, -0.25) is 15.0 Å². The van der Waals surface area contributed by atoms with Crippen LogP contribution in [0.15, 0.2) is 41.3 Å². The molecule has 0 aromatic heterocycles. The molecule has 1 atom stereocenters. The fourth-order valence-electron chi connectivity index (χ4n) is 3.79. The molecule has 0 saturated heterocycles. The van der Waals surface area contributed by atoms with Gasteiger partial charge in [-0.2, -0.15) is 4.72 Å². The van der Waals surface area contributed by atoms with Crippen LogP contribution in [0.25, 0.3) is 0 Å². The molecule has 0 heterocycles. The monoisotopic (exact) mass is 488 g/mol. The second-order valence-electron chi connectivity index (χ2n) is 8.36. The van der Waals surface area contributed by atoms with E-state index in [0.29, 0.717) is 23.1 Å². The van der Waals surface area contributed by atoms with Crippen LogP contribution in [-0.4, -0.2) is 43.8 Å². The van der Waals surface area contributed by atoms with Crippen molar-refractivity contribution in [3.63, 3.8) is 0 Å². The van der Waals surface area contributed by atoms with E-state index in [9.17, 15) is 23.1 Å². The molecule has 0 radical (unpaired) electrons. The van der Waals surface area contributed by atoms with Crippen LogP contribution in [-0.2, 0) is 26.0 Å². The summed E-state index contributed by atoms with van der Waals surface area (Å²) < 4.78 is 27.9. The van der Waals surface area contributed by atoms with E-state index in [1.807, 2.05) is 19.1 Å². The van der Waals surface area contributed by atoms with Crippen molar-refractivity contribution < 1.29 is 23.1 Å². The lowest BCUT2D eigenvalue weighted by Gasteiger charge is -2.18. The maximum Gasteiger partial charge on any atom is 0.323 e. The van der Waals surface area contributed by atoms with Gasteiger partial charge in [-0.05, 0) is 56.7 Å². The standard InChI is InChI=1S/C24H32N4O5S/c1-15-12-16(2)22(17(3)13-15)34(32,33)28-20(24(30)31)14-27-21(29)7-5-4-6-18-8-10-19(11-9-18)23(25)26/h8-13,20,28H,4-7,14H2,1-3H3,(H3,25,26)(H,27,29)(H,30,31)/t20-/m0/s1. The van der Waals surface area contributed by atoms with Gasteiger partial charge in [-0.25, -0.2) is 8.42 Å². The minimum Gasteiger partial charge on any atom is -0.480 e. The van der Waals surface area contributed by atoms with Crippen LogP contribution in [0.4, 0.5) is 0 Å². The lowest BCUT2D eigenvalue weighted by Crippen LogP contribution is -2.48. The van der Waals surface area contributed by atoms with Gasteiger partial charge < -0.3 is 16.2 Å². The van der Waals surface area contributed by atoms with Crippen molar-refractivity contribution in [2.75, 3.05) is 6.54 Å². The molecule has 0 fully saturated rings. The first-order valence-corrected chi connectivity index (χ1v) is 12.4. The zero-order chi connectivity index (χ0) is 25.5. The molecule has 6 N–H and O–H groups in total. The number of nitrogens with two attached hydrogens (primary N) is 1. The molecule has 0 aliphatic carbocycles. The minimum atomic E-state index is -4.09. The van der Waals surface area contributed by atoms with Crippen molar-refractivity contribution in [3.8, 4) is 0 Å².